The standard InChI is InChI=1S/C20H17N3O2S/c1-3-11-25-19-12-15(9-10-18(19)24-2)13-21-23-20-22-17(14-26-20)16-7-5-4-6-8-16/h1,4-10,12-14H,11H2,2H3,(H,22,23). The summed E-state index contributed by atoms with van der Waals surface area (Å²) in [6, 6.07) is 15.5. The molecule has 1 aromatic heterocycles. The summed E-state index contributed by atoms with van der Waals surface area (Å²) in [5.41, 5.74) is 5.79. The third-order valence-electron chi connectivity index (χ3n) is 3.45. The van der Waals surface area contributed by atoms with Gasteiger partial charge in [-0.05, 0) is 23.8 Å². The molecular weight excluding hydrogens is 346 g/mol. The maximum Gasteiger partial charge on any atom is 0.203 e. The molecule has 1 heterocycles. The van der Waals surface area contributed by atoms with E-state index in [0.29, 0.717) is 11.5 Å². The Balaban J connectivity index is 1.67. The molecule has 0 saturated heterocycles. The predicted octanol–water partition coefficient (Wildman–Crippen LogP) is 4.28. The second kappa shape index (κ2) is 8.70. The van der Waals surface area contributed by atoms with Gasteiger partial charge in [-0.15, -0.1) is 17.8 Å². The molecule has 0 atom stereocenters. The van der Waals surface area contributed by atoms with E-state index < -0.39 is 0 Å². The van der Waals surface area contributed by atoms with E-state index in [0.717, 1.165) is 22.0 Å². The highest BCUT2D eigenvalue weighted by molar-refractivity contribution is 7.14. The molecule has 0 saturated carbocycles. The maximum absolute atomic E-state index is 5.48. The number of hydrogen-bond donors (Lipinski definition) is 1. The fraction of sp³-hybridized carbons (Fsp3) is 0.100. The van der Waals surface area contributed by atoms with E-state index in [4.69, 9.17) is 15.9 Å². The lowest BCUT2D eigenvalue weighted by molar-refractivity contribution is 0.331. The first-order valence-corrected chi connectivity index (χ1v) is 8.72. The van der Waals surface area contributed by atoms with E-state index in [1.54, 1.807) is 13.3 Å². The van der Waals surface area contributed by atoms with Crippen molar-refractivity contribution >= 4 is 22.7 Å². The molecule has 6 heteroatoms. The average Bonchev–Trinajstić information content (AvgIpc) is 3.16. The Bertz CT molecular complexity index is 930. The minimum Gasteiger partial charge on any atom is -0.493 e. The SMILES string of the molecule is C#CCOc1cc(C=NNc2nc(-c3ccccc3)cs2)ccc1OC. The first kappa shape index (κ1) is 17.5. The fourth-order valence-corrected chi connectivity index (χ4v) is 2.90. The molecule has 0 amide bonds. The number of aromatic nitrogens is 1. The summed E-state index contributed by atoms with van der Waals surface area (Å²) in [4.78, 5) is 4.52. The largest absolute Gasteiger partial charge is 0.493 e. The zero-order chi connectivity index (χ0) is 18.2. The molecule has 0 spiro atoms. The van der Waals surface area contributed by atoms with Crippen LogP contribution in [-0.2, 0) is 0 Å². The third kappa shape index (κ3) is 4.41. The molecule has 0 radical (unpaired) electrons. The van der Waals surface area contributed by atoms with E-state index >= 15 is 0 Å². The number of benzene rings is 2. The van der Waals surface area contributed by atoms with E-state index in [-0.39, 0.29) is 6.61 Å². The molecule has 0 unspecified atom stereocenters. The van der Waals surface area contributed by atoms with E-state index in [1.165, 1.54) is 11.3 Å². The van der Waals surface area contributed by atoms with Crippen molar-refractivity contribution in [1.82, 2.24) is 4.98 Å². The summed E-state index contributed by atoms with van der Waals surface area (Å²) in [7, 11) is 1.58. The Morgan fingerprint density at radius 3 is 2.85 bits per heavy atom. The number of hydrazone groups is 1. The molecular formula is C20H17N3O2S. The van der Waals surface area contributed by atoms with Crippen LogP contribution >= 0.6 is 11.3 Å². The smallest absolute Gasteiger partial charge is 0.203 e. The van der Waals surface area contributed by atoms with Crippen molar-refractivity contribution in [2.24, 2.45) is 5.10 Å². The molecule has 0 bridgehead atoms. The van der Waals surface area contributed by atoms with Gasteiger partial charge in [0, 0.05) is 10.9 Å². The lowest BCUT2D eigenvalue weighted by atomic mass is 10.2. The molecule has 0 fully saturated rings. The van der Waals surface area contributed by atoms with Gasteiger partial charge in [-0.25, -0.2) is 4.98 Å². The van der Waals surface area contributed by atoms with Crippen LogP contribution in [0.4, 0.5) is 5.13 Å². The van der Waals surface area contributed by atoms with Crippen molar-refractivity contribution in [3.8, 4) is 35.1 Å². The Morgan fingerprint density at radius 2 is 2.08 bits per heavy atom. The van der Waals surface area contributed by atoms with Gasteiger partial charge < -0.3 is 9.47 Å². The van der Waals surface area contributed by atoms with Crippen molar-refractivity contribution in [1.29, 1.82) is 0 Å². The lowest BCUT2D eigenvalue weighted by Gasteiger charge is -2.09. The number of nitrogens with one attached hydrogen (secondary N) is 1. The number of thiazole rings is 1. The summed E-state index contributed by atoms with van der Waals surface area (Å²) >= 11 is 1.50. The number of rotatable bonds is 7. The van der Waals surface area contributed by atoms with E-state index in [2.05, 4.69) is 21.4 Å². The quantitative estimate of drug-likeness (QED) is 0.387. The van der Waals surface area contributed by atoms with Gasteiger partial charge in [-0.2, -0.15) is 5.10 Å². The molecule has 26 heavy (non-hydrogen) atoms. The number of nitrogens with zero attached hydrogens (tertiary/aromatic N) is 2. The minimum absolute atomic E-state index is 0.177. The zero-order valence-corrected chi connectivity index (χ0v) is 15.0. The highest BCUT2D eigenvalue weighted by Gasteiger charge is 2.05. The molecule has 1 N–H and O–H groups in total. The van der Waals surface area contributed by atoms with Crippen molar-refractivity contribution in [3.05, 3.63) is 59.5 Å². The Kier molecular flexibility index (Phi) is 5.86. The van der Waals surface area contributed by atoms with Crippen LogP contribution in [0.1, 0.15) is 5.56 Å². The highest BCUT2D eigenvalue weighted by atomic mass is 32.1. The van der Waals surface area contributed by atoms with Crippen LogP contribution in [0.25, 0.3) is 11.3 Å². The zero-order valence-electron chi connectivity index (χ0n) is 14.2. The number of anilines is 1. The topological polar surface area (TPSA) is 55.7 Å². The lowest BCUT2D eigenvalue weighted by Crippen LogP contribution is -1.98. The van der Waals surface area contributed by atoms with Crippen molar-refractivity contribution < 1.29 is 9.47 Å². The second-order valence-corrected chi connectivity index (χ2v) is 6.04. The average molecular weight is 363 g/mol. The molecule has 130 valence electrons. The summed E-state index contributed by atoms with van der Waals surface area (Å²) < 4.78 is 10.7. The molecule has 2 aromatic carbocycles. The van der Waals surface area contributed by atoms with Crippen molar-refractivity contribution in [3.63, 3.8) is 0 Å². The van der Waals surface area contributed by atoms with Gasteiger partial charge in [0.05, 0.1) is 19.0 Å². The summed E-state index contributed by atoms with van der Waals surface area (Å²) in [6.07, 6.45) is 6.92. The third-order valence-corrected chi connectivity index (χ3v) is 4.19. The maximum atomic E-state index is 5.48. The van der Waals surface area contributed by atoms with Gasteiger partial charge in [0.15, 0.2) is 11.5 Å². The highest BCUT2D eigenvalue weighted by Crippen LogP contribution is 2.28. The first-order chi connectivity index (χ1) is 12.8. The number of methoxy groups -OCH3 is 1. The normalized spacial score (nSPS) is 10.5. The van der Waals surface area contributed by atoms with Crippen LogP contribution in [-0.4, -0.2) is 24.9 Å². The van der Waals surface area contributed by atoms with Crippen LogP contribution in [0.15, 0.2) is 59.0 Å². The van der Waals surface area contributed by atoms with Crippen LogP contribution in [0.3, 0.4) is 0 Å². The molecule has 3 aromatic rings. The monoisotopic (exact) mass is 363 g/mol. The van der Waals surface area contributed by atoms with Gasteiger partial charge in [0.1, 0.15) is 6.61 Å². The second-order valence-electron chi connectivity index (χ2n) is 5.18. The number of ether oxygens (including phenoxy) is 2. The van der Waals surface area contributed by atoms with Crippen LogP contribution in [0, 0.1) is 12.3 Å². The first-order valence-electron chi connectivity index (χ1n) is 7.84. The number of terminal acetylenes is 1. The Morgan fingerprint density at radius 1 is 1.23 bits per heavy atom. The minimum atomic E-state index is 0.177. The predicted molar refractivity (Wildman–Crippen MR) is 106 cm³/mol. The number of hydrogen-bond acceptors (Lipinski definition) is 6. The van der Waals surface area contributed by atoms with E-state index in [1.807, 2.05) is 53.9 Å². The summed E-state index contributed by atoms with van der Waals surface area (Å²) in [5, 5.41) is 6.94. The van der Waals surface area contributed by atoms with Crippen LogP contribution < -0.4 is 14.9 Å². The van der Waals surface area contributed by atoms with E-state index in [9.17, 15) is 0 Å². The molecule has 0 aliphatic heterocycles. The fourth-order valence-electron chi connectivity index (χ4n) is 2.23. The summed E-state index contributed by atoms with van der Waals surface area (Å²) in [6.45, 7) is 0.177. The summed E-state index contributed by atoms with van der Waals surface area (Å²) in [5.74, 6) is 3.64. The Hall–Kier alpha value is -3.30. The van der Waals surface area contributed by atoms with Gasteiger partial charge >= 0.3 is 0 Å². The van der Waals surface area contributed by atoms with Crippen LogP contribution in [0.5, 0.6) is 11.5 Å². The van der Waals surface area contributed by atoms with Gasteiger partial charge in [0.2, 0.25) is 5.13 Å². The molecule has 5 nitrogen and oxygen atoms in total. The van der Waals surface area contributed by atoms with Gasteiger partial charge in [0.25, 0.3) is 0 Å². The van der Waals surface area contributed by atoms with Crippen LogP contribution in [0.2, 0.25) is 0 Å². The van der Waals surface area contributed by atoms with Crippen molar-refractivity contribution in [2.75, 3.05) is 19.1 Å². The Labute approximate surface area is 156 Å². The molecule has 0 aliphatic rings. The van der Waals surface area contributed by atoms with Gasteiger partial charge in [-0.1, -0.05) is 36.3 Å². The molecule has 0 aliphatic carbocycles. The molecule has 3 rings (SSSR count). The van der Waals surface area contributed by atoms with Gasteiger partial charge in [-0.3, -0.25) is 5.43 Å². The van der Waals surface area contributed by atoms with Crippen molar-refractivity contribution in [2.45, 2.75) is 0 Å².